The number of thioether (sulfide) groups is 1. The van der Waals surface area contributed by atoms with Crippen LogP contribution in [0.25, 0.3) is 10.2 Å². The molecule has 0 radical (unpaired) electrons. The molecule has 96 valence electrons. The standard InChI is InChI=1S/C13H15ClN2S2/c1-17-11-4-2-3-9(11)15-13-16-10-7-8(14)5-6-12(10)18-13/h5-7,9,11H,2-4H2,1H3,(H,15,16). The highest BCUT2D eigenvalue weighted by molar-refractivity contribution is 7.99. The quantitative estimate of drug-likeness (QED) is 0.893. The van der Waals surface area contributed by atoms with Crippen molar-refractivity contribution in [2.75, 3.05) is 11.6 Å². The van der Waals surface area contributed by atoms with Crippen LogP contribution in [0.3, 0.4) is 0 Å². The summed E-state index contributed by atoms with van der Waals surface area (Å²) in [5.41, 5.74) is 0.994. The van der Waals surface area contributed by atoms with Crippen LogP contribution < -0.4 is 5.32 Å². The molecule has 1 aliphatic carbocycles. The zero-order chi connectivity index (χ0) is 12.5. The summed E-state index contributed by atoms with van der Waals surface area (Å²) in [6.45, 7) is 0. The van der Waals surface area contributed by atoms with Crippen molar-refractivity contribution in [2.45, 2.75) is 30.6 Å². The van der Waals surface area contributed by atoms with E-state index >= 15 is 0 Å². The van der Waals surface area contributed by atoms with Gasteiger partial charge in [0.15, 0.2) is 5.13 Å². The molecule has 1 N–H and O–H groups in total. The first kappa shape index (κ1) is 12.6. The molecular weight excluding hydrogens is 284 g/mol. The van der Waals surface area contributed by atoms with Gasteiger partial charge in [-0.1, -0.05) is 29.4 Å². The lowest BCUT2D eigenvalue weighted by Crippen LogP contribution is -2.25. The van der Waals surface area contributed by atoms with E-state index in [2.05, 4.69) is 16.6 Å². The van der Waals surface area contributed by atoms with E-state index in [4.69, 9.17) is 11.6 Å². The molecule has 1 saturated carbocycles. The summed E-state index contributed by atoms with van der Waals surface area (Å²) in [4.78, 5) is 4.62. The average Bonchev–Trinajstić information content (AvgIpc) is 2.94. The highest BCUT2D eigenvalue weighted by Gasteiger charge is 2.26. The van der Waals surface area contributed by atoms with Crippen LogP contribution in [0.2, 0.25) is 5.02 Å². The Morgan fingerprint density at radius 2 is 2.33 bits per heavy atom. The van der Waals surface area contributed by atoms with Crippen molar-refractivity contribution in [2.24, 2.45) is 0 Å². The molecule has 2 atom stereocenters. The number of aromatic nitrogens is 1. The van der Waals surface area contributed by atoms with Gasteiger partial charge in [-0.05, 0) is 37.3 Å². The number of hydrogen-bond donors (Lipinski definition) is 1. The molecule has 18 heavy (non-hydrogen) atoms. The molecule has 1 heterocycles. The summed E-state index contributed by atoms with van der Waals surface area (Å²) in [5, 5.41) is 6.10. The van der Waals surface area contributed by atoms with Gasteiger partial charge in [0.25, 0.3) is 0 Å². The van der Waals surface area contributed by atoms with Gasteiger partial charge in [-0.3, -0.25) is 0 Å². The molecule has 2 aromatic rings. The molecule has 0 amide bonds. The van der Waals surface area contributed by atoms with Crippen LogP contribution in [0.5, 0.6) is 0 Å². The molecule has 5 heteroatoms. The van der Waals surface area contributed by atoms with Crippen molar-refractivity contribution in [3.63, 3.8) is 0 Å². The zero-order valence-electron chi connectivity index (χ0n) is 10.1. The molecule has 2 unspecified atom stereocenters. The van der Waals surface area contributed by atoms with E-state index in [-0.39, 0.29) is 0 Å². The van der Waals surface area contributed by atoms with Crippen LogP contribution in [0, 0.1) is 0 Å². The van der Waals surface area contributed by atoms with Crippen LogP contribution >= 0.6 is 34.7 Å². The molecule has 3 rings (SSSR count). The second-order valence-electron chi connectivity index (χ2n) is 4.59. The number of anilines is 1. The maximum Gasteiger partial charge on any atom is 0.184 e. The third kappa shape index (κ3) is 2.46. The van der Waals surface area contributed by atoms with Crippen LogP contribution in [0.1, 0.15) is 19.3 Å². The fourth-order valence-electron chi connectivity index (χ4n) is 2.49. The maximum atomic E-state index is 5.98. The van der Waals surface area contributed by atoms with Crippen molar-refractivity contribution < 1.29 is 0 Å². The molecule has 1 aromatic carbocycles. The van der Waals surface area contributed by atoms with E-state index in [9.17, 15) is 0 Å². The van der Waals surface area contributed by atoms with E-state index in [1.807, 2.05) is 30.0 Å². The van der Waals surface area contributed by atoms with Gasteiger partial charge >= 0.3 is 0 Å². The normalized spacial score (nSPS) is 23.7. The van der Waals surface area contributed by atoms with Gasteiger partial charge in [0.1, 0.15) is 0 Å². The highest BCUT2D eigenvalue weighted by atomic mass is 35.5. The number of nitrogens with one attached hydrogen (secondary N) is 1. The molecule has 0 saturated heterocycles. The topological polar surface area (TPSA) is 24.9 Å². The lowest BCUT2D eigenvalue weighted by atomic mass is 10.2. The minimum atomic E-state index is 0.566. The summed E-state index contributed by atoms with van der Waals surface area (Å²) in [6, 6.07) is 6.46. The Hall–Kier alpha value is -0.450. The van der Waals surface area contributed by atoms with Crippen LogP contribution in [-0.2, 0) is 0 Å². The van der Waals surface area contributed by atoms with Crippen LogP contribution in [-0.4, -0.2) is 22.5 Å². The van der Waals surface area contributed by atoms with Gasteiger partial charge in [0.2, 0.25) is 0 Å². The second-order valence-corrected chi connectivity index (χ2v) is 7.13. The Bertz CT molecular complexity index is 555. The smallest absolute Gasteiger partial charge is 0.184 e. The van der Waals surface area contributed by atoms with Gasteiger partial charge in [-0.2, -0.15) is 11.8 Å². The summed E-state index contributed by atoms with van der Waals surface area (Å²) in [7, 11) is 0. The van der Waals surface area contributed by atoms with Crippen LogP contribution in [0.15, 0.2) is 18.2 Å². The van der Waals surface area contributed by atoms with Gasteiger partial charge in [0, 0.05) is 16.3 Å². The summed E-state index contributed by atoms with van der Waals surface area (Å²) in [6.07, 6.45) is 6.08. The second kappa shape index (κ2) is 5.27. The zero-order valence-corrected chi connectivity index (χ0v) is 12.5. The van der Waals surface area contributed by atoms with Crippen molar-refractivity contribution in [3.8, 4) is 0 Å². The van der Waals surface area contributed by atoms with E-state index in [0.29, 0.717) is 6.04 Å². The minimum absolute atomic E-state index is 0.566. The number of rotatable bonds is 3. The molecule has 0 bridgehead atoms. The predicted octanol–water partition coefficient (Wildman–Crippen LogP) is 4.65. The number of nitrogens with zero attached hydrogens (tertiary/aromatic N) is 1. The van der Waals surface area contributed by atoms with E-state index in [0.717, 1.165) is 20.9 Å². The first-order valence-corrected chi connectivity index (χ1v) is 8.60. The first-order chi connectivity index (χ1) is 8.76. The predicted molar refractivity (Wildman–Crippen MR) is 83.2 cm³/mol. The molecular formula is C13H15ClN2S2. The number of halogens is 1. The number of benzene rings is 1. The Labute approximate surface area is 120 Å². The highest BCUT2D eigenvalue weighted by Crippen LogP contribution is 2.33. The molecule has 1 aliphatic rings. The molecule has 2 nitrogen and oxygen atoms in total. The number of fused-ring (bicyclic) bond motifs is 1. The molecule has 1 fully saturated rings. The summed E-state index contributed by atoms with van der Waals surface area (Å²) < 4.78 is 1.19. The minimum Gasteiger partial charge on any atom is -0.358 e. The summed E-state index contributed by atoms with van der Waals surface area (Å²) >= 11 is 9.66. The third-order valence-electron chi connectivity index (χ3n) is 3.41. The lowest BCUT2D eigenvalue weighted by molar-refractivity contribution is 0.768. The first-order valence-electron chi connectivity index (χ1n) is 6.11. The Balaban J connectivity index is 1.82. The lowest BCUT2D eigenvalue weighted by Gasteiger charge is -2.18. The van der Waals surface area contributed by atoms with Crippen molar-refractivity contribution in [1.29, 1.82) is 0 Å². The van der Waals surface area contributed by atoms with Gasteiger partial charge in [-0.25, -0.2) is 4.98 Å². The average molecular weight is 299 g/mol. The molecule has 0 aliphatic heterocycles. The van der Waals surface area contributed by atoms with Gasteiger partial charge < -0.3 is 5.32 Å². The summed E-state index contributed by atoms with van der Waals surface area (Å²) in [5.74, 6) is 0. The molecule has 0 spiro atoms. The van der Waals surface area contributed by atoms with Gasteiger partial charge in [-0.15, -0.1) is 0 Å². The Morgan fingerprint density at radius 3 is 3.17 bits per heavy atom. The maximum absolute atomic E-state index is 5.98. The van der Waals surface area contributed by atoms with E-state index < -0.39 is 0 Å². The Kier molecular flexibility index (Phi) is 3.68. The fraction of sp³-hybridized carbons (Fsp3) is 0.462. The van der Waals surface area contributed by atoms with Crippen molar-refractivity contribution in [1.82, 2.24) is 4.98 Å². The van der Waals surface area contributed by atoms with E-state index in [1.54, 1.807) is 11.3 Å². The number of thiazole rings is 1. The van der Waals surface area contributed by atoms with Gasteiger partial charge in [0.05, 0.1) is 10.2 Å². The molecule has 1 aromatic heterocycles. The monoisotopic (exact) mass is 298 g/mol. The SMILES string of the molecule is CSC1CCCC1Nc1nc2cc(Cl)ccc2s1. The third-order valence-corrected chi connectivity index (χ3v) is 5.79. The van der Waals surface area contributed by atoms with E-state index in [1.165, 1.54) is 24.0 Å². The van der Waals surface area contributed by atoms with Crippen LogP contribution in [0.4, 0.5) is 5.13 Å². The fourth-order valence-corrected chi connectivity index (χ4v) is 4.50. The van der Waals surface area contributed by atoms with Crippen molar-refractivity contribution >= 4 is 50.0 Å². The van der Waals surface area contributed by atoms with Crippen molar-refractivity contribution in [3.05, 3.63) is 23.2 Å². The number of hydrogen-bond acceptors (Lipinski definition) is 4. The largest absolute Gasteiger partial charge is 0.358 e. The Morgan fingerprint density at radius 1 is 1.44 bits per heavy atom.